The molecule has 0 aliphatic carbocycles. The molecule has 0 saturated carbocycles. The number of rotatable bonds is 5. The maximum atomic E-state index is 5.90. The molecule has 0 radical (unpaired) electrons. The quantitative estimate of drug-likeness (QED) is 0.663. The van der Waals surface area contributed by atoms with Gasteiger partial charge in [-0.05, 0) is 25.5 Å². The van der Waals surface area contributed by atoms with Gasteiger partial charge >= 0.3 is 0 Å². The molecule has 0 bridgehead atoms. The Balaban J connectivity index is 1.55. The van der Waals surface area contributed by atoms with Gasteiger partial charge in [0.15, 0.2) is 11.5 Å². The summed E-state index contributed by atoms with van der Waals surface area (Å²) in [5, 5.41) is 4.89. The molecule has 0 amide bonds. The summed E-state index contributed by atoms with van der Waals surface area (Å²) in [7, 11) is 1.60. The zero-order valence-electron chi connectivity index (χ0n) is 15.7. The van der Waals surface area contributed by atoms with E-state index in [2.05, 4.69) is 43.0 Å². The molecular formula is C18H22N6O3. The minimum atomic E-state index is -0.0571. The van der Waals surface area contributed by atoms with Crippen LogP contribution in [0.5, 0.6) is 0 Å². The fourth-order valence-corrected chi connectivity index (χ4v) is 3.42. The van der Waals surface area contributed by atoms with Crippen molar-refractivity contribution in [3.8, 4) is 0 Å². The maximum Gasteiger partial charge on any atom is 0.229 e. The van der Waals surface area contributed by atoms with Gasteiger partial charge in [0, 0.05) is 25.9 Å². The van der Waals surface area contributed by atoms with E-state index in [9.17, 15) is 0 Å². The van der Waals surface area contributed by atoms with Crippen molar-refractivity contribution >= 4 is 16.9 Å². The topological polar surface area (TPSA) is 99.3 Å². The summed E-state index contributed by atoms with van der Waals surface area (Å²) in [6.07, 6.45) is 2.06. The van der Waals surface area contributed by atoms with Gasteiger partial charge in [0.2, 0.25) is 5.89 Å². The lowest BCUT2D eigenvalue weighted by Gasteiger charge is -2.33. The van der Waals surface area contributed by atoms with Crippen molar-refractivity contribution in [2.75, 3.05) is 31.7 Å². The average Bonchev–Trinajstić information content (AvgIpc) is 3.08. The summed E-state index contributed by atoms with van der Waals surface area (Å²) < 4.78 is 16.2. The number of ether oxygens (including phenoxy) is 2. The van der Waals surface area contributed by atoms with Crippen molar-refractivity contribution in [2.45, 2.75) is 33.0 Å². The second-order valence-corrected chi connectivity index (χ2v) is 6.66. The van der Waals surface area contributed by atoms with Crippen LogP contribution in [0.25, 0.3) is 11.0 Å². The molecule has 9 nitrogen and oxygen atoms in total. The Kier molecular flexibility index (Phi) is 4.95. The van der Waals surface area contributed by atoms with E-state index < -0.39 is 0 Å². The molecular weight excluding hydrogens is 348 g/mol. The maximum absolute atomic E-state index is 5.90. The Morgan fingerprint density at radius 1 is 1.26 bits per heavy atom. The van der Waals surface area contributed by atoms with Crippen molar-refractivity contribution in [3.05, 3.63) is 35.4 Å². The molecule has 1 aliphatic heterocycles. The number of anilines is 1. The highest BCUT2D eigenvalue weighted by Crippen LogP contribution is 2.27. The normalized spacial score (nSPS) is 17.6. The van der Waals surface area contributed by atoms with E-state index in [0.717, 1.165) is 34.7 Å². The van der Waals surface area contributed by atoms with E-state index in [0.29, 0.717) is 37.9 Å². The van der Waals surface area contributed by atoms with Gasteiger partial charge in [-0.15, -0.1) is 0 Å². The standard InChI is InChI=1S/C18H22N6O3/c1-11-6-12(2)21-17-16(11)18(20-10-19-17)24-4-5-26-13(8-24)7-15-22-14(9-25-3)23-27-15/h6,10,13H,4-5,7-9H2,1-3H3. The van der Waals surface area contributed by atoms with Crippen LogP contribution in [0.15, 0.2) is 16.9 Å². The SMILES string of the molecule is COCc1noc(CC2CN(c3ncnc4nc(C)cc(C)c34)CCO2)n1. The number of pyridine rings is 1. The van der Waals surface area contributed by atoms with E-state index in [-0.39, 0.29) is 6.10 Å². The van der Waals surface area contributed by atoms with Gasteiger partial charge in [0.05, 0.1) is 24.5 Å². The van der Waals surface area contributed by atoms with Gasteiger partial charge in [-0.3, -0.25) is 0 Å². The van der Waals surface area contributed by atoms with Gasteiger partial charge in [-0.25, -0.2) is 15.0 Å². The Morgan fingerprint density at radius 3 is 3.00 bits per heavy atom. The zero-order chi connectivity index (χ0) is 18.8. The number of aryl methyl sites for hydroxylation is 2. The van der Waals surface area contributed by atoms with Crippen LogP contribution in [0.2, 0.25) is 0 Å². The van der Waals surface area contributed by atoms with Crippen LogP contribution < -0.4 is 4.90 Å². The Hall–Kier alpha value is -2.65. The number of morpholine rings is 1. The Bertz CT molecular complexity index is 944. The van der Waals surface area contributed by atoms with Crippen LogP contribution >= 0.6 is 0 Å². The van der Waals surface area contributed by atoms with Crippen LogP contribution in [0.1, 0.15) is 23.0 Å². The first-order chi connectivity index (χ1) is 13.1. The van der Waals surface area contributed by atoms with Crippen LogP contribution in [0, 0.1) is 13.8 Å². The minimum Gasteiger partial charge on any atom is -0.377 e. The summed E-state index contributed by atoms with van der Waals surface area (Å²) in [5.41, 5.74) is 2.80. The Labute approximate surface area is 156 Å². The molecule has 1 saturated heterocycles. The predicted octanol–water partition coefficient (Wildman–Crippen LogP) is 1.62. The second-order valence-electron chi connectivity index (χ2n) is 6.66. The van der Waals surface area contributed by atoms with Crippen molar-refractivity contribution < 1.29 is 14.0 Å². The highest BCUT2D eigenvalue weighted by Gasteiger charge is 2.26. The first-order valence-corrected chi connectivity index (χ1v) is 8.90. The number of hydrogen-bond donors (Lipinski definition) is 0. The summed E-state index contributed by atoms with van der Waals surface area (Å²) in [6.45, 7) is 6.42. The molecule has 142 valence electrons. The summed E-state index contributed by atoms with van der Waals surface area (Å²) in [5.74, 6) is 1.98. The molecule has 9 heteroatoms. The summed E-state index contributed by atoms with van der Waals surface area (Å²) in [6, 6.07) is 2.06. The molecule has 1 unspecified atom stereocenters. The smallest absolute Gasteiger partial charge is 0.229 e. The molecule has 27 heavy (non-hydrogen) atoms. The lowest BCUT2D eigenvalue weighted by atomic mass is 10.1. The molecule has 0 N–H and O–H groups in total. The molecule has 4 rings (SSSR count). The molecule has 3 aromatic heterocycles. The number of methoxy groups -OCH3 is 1. The third kappa shape index (κ3) is 3.74. The van der Waals surface area contributed by atoms with Crippen LogP contribution in [-0.2, 0) is 22.5 Å². The fourth-order valence-electron chi connectivity index (χ4n) is 3.42. The molecule has 4 heterocycles. The third-order valence-electron chi connectivity index (χ3n) is 4.53. The first-order valence-electron chi connectivity index (χ1n) is 8.90. The average molecular weight is 370 g/mol. The van der Waals surface area contributed by atoms with Gasteiger partial charge in [-0.1, -0.05) is 5.16 Å². The van der Waals surface area contributed by atoms with E-state index in [1.807, 2.05) is 6.92 Å². The number of fused-ring (bicyclic) bond motifs is 1. The second kappa shape index (κ2) is 7.53. The summed E-state index contributed by atoms with van der Waals surface area (Å²) in [4.78, 5) is 20.0. The molecule has 1 aliphatic rings. The van der Waals surface area contributed by atoms with Gasteiger partial charge in [0.1, 0.15) is 18.8 Å². The zero-order valence-corrected chi connectivity index (χ0v) is 15.7. The lowest BCUT2D eigenvalue weighted by Crippen LogP contribution is -2.44. The highest BCUT2D eigenvalue weighted by molar-refractivity contribution is 5.90. The first kappa shape index (κ1) is 17.7. The number of nitrogens with zero attached hydrogens (tertiary/aromatic N) is 6. The molecule has 3 aromatic rings. The van der Waals surface area contributed by atoms with E-state index >= 15 is 0 Å². The van der Waals surface area contributed by atoms with E-state index in [4.69, 9.17) is 14.0 Å². The minimum absolute atomic E-state index is 0.0571. The van der Waals surface area contributed by atoms with E-state index in [1.165, 1.54) is 0 Å². The molecule has 1 atom stereocenters. The number of hydrogen-bond acceptors (Lipinski definition) is 9. The van der Waals surface area contributed by atoms with Crippen molar-refractivity contribution in [3.63, 3.8) is 0 Å². The van der Waals surface area contributed by atoms with Crippen molar-refractivity contribution in [1.82, 2.24) is 25.1 Å². The van der Waals surface area contributed by atoms with Crippen LogP contribution in [-0.4, -0.2) is 58.0 Å². The molecule has 0 spiro atoms. The van der Waals surface area contributed by atoms with Crippen LogP contribution in [0.4, 0.5) is 5.82 Å². The highest BCUT2D eigenvalue weighted by atomic mass is 16.5. The number of aromatic nitrogens is 5. The molecule has 1 fully saturated rings. The van der Waals surface area contributed by atoms with Gasteiger partial charge in [0.25, 0.3) is 0 Å². The van der Waals surface area contributed by atoms with E-state index in [1.54, 1.807) is 13.4 Å². The lowest BCUT2D eigenvalue weighted by molar-refractivity contribution is 0.0360. The monoisotopic (exact) mass is 370 g/mol. The van der Waals surface area contributed by atoms with Crippen LogP contribution in [0.3, 0.4) is 0 Å². The van der Waals surface area contributed by atoms with Gasteiger partial charge in [-0.2, -0.15) is 4.98 Å². The predicted molar refractivity (Wildman–Crippen MR) is 97.5 cm³/mol. The molecule has 0 aromatic carbocycles. The van der Waals surface area contributed by atoms with Gasteiger partial charge < -0.3 is 18.9 Å². The summed E-state index contributed by atoms with van der Waals surface area (Å²) >= 11 is 0. The van der Waals surface area contributed by atoms with Crippen molar-refractivity contribution in [2.24, 2.45) is 0 Å². The third-order valence-corrected chi connectivity index (χ3v) is 4.53. The fraction of sp³-hybridized carbons (Fsp3) is 0.500. The largest absolute Gasteiger partial charge is 0.377 e. The van der Waals surface area contributed by atoms with Crippen molar-refractivity contribution in [1.29, 1.82) is 0 Å². The Morgan fingerprint density at radius 2 is 2.15 bits per heavy atom.